The molecule has 3 nitrogen and oxygen atoms in total. The van der Waals surface area contributed by atoms with E-state index in [0.29, 0.717) is 5.69 Å². The van der Waals surface area contributed by atoms with Crippen LogP contribution in [0.15, 0.2) is 35.7 Å². The standard InChI is InChI=1S/C13H13N3S/c1-2-16(12-6-4-3-5-7-12)9-13-15-11(8-14)10-17-13/h3-7,10H,2,9H2,1H3. The molecule has 0 unspecified atom stereocenters. The first-order valence-electron chi connectivity index (χ1n) is 5.48. The average molecular weight is 243 g/mol. The molecule has 0 atom stereocenters. The molecule has 1 aromatic carbocycles. The van der Waals surface area contributed by atoms with E-state index in [1.54, 1.807) is 5.38 Å². The molecule has 1 heterocycles. The van der Waals surface area contributed by atoms with Crippen LogP contribution in [0.5, 0.6) is 0 Å². The van der Waals surface area contributed by atoms with Crippen molar-refractivity contribution in [3.05, 3.63) is 46.4 Å². The molecule has 0 saturated carbocycles. The third kappa shape index (κ3) is 2.83. The second kappa shape index (κ2) is 5.46. The number of para-hydroxylation sites is 1. The van der Waals surface area contributed by atoms with Crippen molar-refractivity contribution in [2.45, 2.75) is 13.5 Å². The largest absolute Gasteiger partial charge is 0.365 e. The van der Waals surface area contributed by atoms with Crippen LogP contribution in [0.3, 0.4) is 0 Å². The monoisotopic (exact) mass is 243 g/mol. The predicted molar refractivity (Wildman–Crippen MR) is 70.0 cm³/mol. The lowest BCUT2D eigenvalue weighted by atomic mass is 10.3. The first kappa shape index (κ1) is 11.6. The third-order valence-electron chi connectivity index (χ3n) is 2.50. The van der Waals surface area contributed by atoms with E-state index in [1.165, 1.54) is 17.0 Å². The Bertz CT molecular complexity index is 513. The highest BCUT2D eigenvalue weighted by atomic mass is 32.1. The van der Waals surface area contributed by atoms with Gasteiger partial charge in [0.15, 0.2) is 5.69 Å². The van der Waals surface area contributed by atoms with Crippen molar-refractivity contribution < 1.29 is 0 Å². The lowest BCUT2D eigenvalue weighted by Gasteiger charge is -2.21. The highest BCUT2D eigenvalue weighted by Gasteiger charge is 2.08. The molecule has 0 radical (unpaired) electrons. The van der Waals surface area contributed by atoms with Gasteiger partial charge in [-0.25, -0.2) is 4.98 Å². The minimum atomic E-state index is 0.508. The molecular formula is C13H13N3S. The van der Waals surface area contributed by atoms with Crippen LogP contribution < -0.4 is 4.90 Å². The van der Waals surface area contributed by atoms with Crippen molar-refractivity contribution in [2.24, 2.45) is 0 Å². The topological polar surface area (TPSA) is 39.9 Å². The van der Waals surface area contributed by atoms with Gasteiger partial charge in [-0.05, 0) is 19.1 Å². The number of thiazole rings is 1. The van der Waals surface area contributed by atoms with Gasteiger partial charge in [0.25, 0.3) is 0 Å². The van der Waals surface area contributed by atoms with Gasteiger partial charge in [-0.2, -0.15) is 5.26 Å². The Morgan fingerprint density at radius 1 is 1.35 bits per heavy atom. The van der Waals surface area contributed by atoms with Gasteiger partial charge in [-0.3, -0.25) is 0 Å². The summed E-state index contributed by atoms with van der Waals surface area (Å²) in [5, 5.41) is 11.5. The van der Waals surface area contributed by atoms with Crippen molar-refractivity contribution in [1.82, 2.24) is 4.98 Å². The van der Waals surface area contributed by atoms with E-state index in [2.05, 4.69) is 35.0 Å². The summed E-state index contributed by atoms with van der Waals surface area (Å²) in [4.78, 5) is 6.49. The van der Waals surface area contributed by atoms with E-state index in [1.807, 2.05) is 18.2 Å². The van der Waals surface area contributed by atoms with Gasteiger partial charge in [0.2, 0.25) is 0 Å². The molecule has 0 aliphatic rings. The molecular weight excluding hydrogens is 230 g/mol. The molecule has 0 amide bonds. The molecule has 1 aromatic heterocycles. The third-order valence-corrected chi connectivity index (χ3v) is 3.33. The van der Waals surface area contributed by atoms with E-state index in [-0.39, 0.29) is 0 Å². The summed E-state index contributed by atoms with van der Waals surface area (Å²) in [6.07, 6.45) is 0. The summed E-state index contributed by atoms with van der Waals surface area (Å²) in [6, 6.07) is 12.3. The maximum atomic E-state index is 8.74. The van der Waals surface area contributed by atoms with Crippen LogP contribution in [0.25, 0.3) is 0 Å². The lowest BCUT2D eigenvalue weighted by molar-refractivity contribution is 0.824. The van der Waals surface area contributed by atoms with Crippen LogP contribution in [0.4, 0.5) is 5.69 Å². The summed E-state index contributed by atoms with van der Waals surface area (Å²) in [5.41, 5.74) is 1.69. The fourth-order valence-corrected chi connectivity index (χ4v) is 2.36. The van der Waals surface area contributed by atoms with Gasteiger partial charge in [0, 0.05) is 17.6 Å². The quantitative estimate of drug-likeness (QED) is 0.828. The number of nitrogens with zero attached hydrogens (tertiary/aromatic N) is 3. The summed E-state index contributed by atoms with van der Waals surface area (Å²) >= 11 is 1.54. The van der Waals surface area contributed by atoms with Gasteiger partial charge in [0.1, 0.15) is 11.1 Å². The zero-order chi connectivity index (χ0) is 12.1. The number of benzene rings is 1. The summed E-state index contributed by atoms with van der Waals surface area (Å²) in [7, 11) is 0. The summed E-state index contributed by atoms with van der Waals surface area (Å²) < 4.78 is 0. The highest BCUT2D eigenvalue weighted by Crippen LogP contribution is 2.18. The van der Waals surface area contributed by atoms with E-state index in [0.717, 1.165) is 18.1 Å². The van der Waals surface area contributed by atoms with Crippen LogP contribution >= 0.6 is 11.3 Å². The molecule has 0 aliphatic carbocycles. The first-order chi connectivity index (χ1) is 8.33. The second-order valence-electron chi connectivity index (χ2n) is 3.59. The van der Waals surface area contributed by atoms with Crippen LogP contribution in [-0.2, 0) is 6.54 Å². The van der Waals surface area contributed by atoms with Crippen molar-refractivity contribution in [2.75, 3.05) is 11.4 Å². The average Bonchev–Trinajstić information content (AvgIpc) is 2.84. The number of hydrogen-bond donors (Lipinski definition) is 0. The Kier molecular flexibility index (Phi) is 3.73. The zero-order valence-electron chi connectivity index (χ0n) is 9.63. The maximum absolute atomic E-state index is 8.74. The minimum Gasteiger partial charge on any atom is -0.365 e. The fourth-order valence-electron chi connectivity index (χ4n) is 1.62. The first-order valence-corrected chi connectivity index (χ1v) is 6.36. The molecule has 0 fully saturated rings. The number of nitriles is 1. The van der Waals surface area contributed by atoms with Crippen LogP contribution in [0.1, 0.15) is 17.6 Å². The van der Waals surface area contributed by atoms with E-state index < -0.39 is 0 Å². The van der Waals surface area contributed by atoms with Gasteiger partial charge in [-0.1, -0.05) is 18.2 Å². The smallest absolute Gasteiger partial charge is 0.151 e. The molecule has 0 spiro atoms. The van der Waals surface area contributed by atoms with Crippen molar-refractivity contribution in [3.63, 3.8) is 0 Å². The van der Waals surface area contributed by atoms with Gasteiger partial charge in [-0.15, -0.1) is 11.3 Å². The summed E-state index contributed by atoms with van der Waals surface area (Å²) in [6.45, 7) is 3.80. The van der Waals surface area contributed by atoms with Gasteiger partial charge >= 0.3 is 0 Å². The molecule has 86 valence electrons. The van der Waals surface area contributed by atoms with E-state index >= 15 is 0 Å². The van der Waals surface area contributed by atoms with Crippen molar-refractivity contribution in [1.29, 1.82) is 5.26 Å². The van der Waals surface area contributed by atoms with Gasteiger partial charge in [0.05, 0.1) is 6.54 Å². The Hall–Kier alpha value is -1.86. The predicted octanol–water partition coefficient (Wildman–Crippen LogP) is 3.04. The maximum Gasteiger partial charge on any atom is 0.151 e. The molecule has 4 heteroatoms. The molecule has 0 aliphatic heterocycles. The Morgan fingerprint density at radius 2 is 2.12 bits per heavy atom. The number of aromatic nitrogens is 1. The van der Waals surface area contributed by atoms with Crippen molar-refractivity contribution in [3.8, 4) is 6.07 Å². The van der Waals surface area contributed by atoms with Crippen LogP contribution in [0, 0.1) is 11.3 Å². The fraction of sp³-hybridized carbons (Fsp3) is 0.231. The summed E-state index contributed by atoms with van der Waals surface area (Å²) in [5.74, 6) is 0. The Morgan fingerprint density at radius 3 is 2.71 bits per heavy atom. The highest BCUT2D eigenvalue weighted by molar-refractivity contribution is 7.09. The molecule has 0 saturated heterocycles. The SMILES string of the molecule is CCN(Cc1nc(C#N)cs1)c1ccccc1. The molecule has 2 rings (SSSR count). The van der Waals surface area contributed by atoms with E-state index in [4.69, 9.17) is 5.26 Å². The normalized spacial score (nSPS) is 9.88. The number of anilines is 1. The molecule has 0 N–H and O–H groups in total. The van der Waals surface area contributed by atoms with Crippen LogP contribution in [-0.4, -0.2) is 11.5 Å². The lowest BCUT2D eigenvalue weighted by Crippen LogP contribution is -2.21. The zero-order valence-corrected chi connectivity index (χ0v) is 10.4. The Balaban J connectivity index is 2.13. The molecule has 17 heavy (non-hydrogen) atoms. The number of hydrogen-bond acceptors (Lipinski definition) is 4. The molecule has 0 bridgehead atoms. The Labute approximate surface area is 105 Å². The van der Waals surface area contributed by atoms with Crippen LogP contribution in [0.2, 0.25) is 0 Å². The van der Waals surface area contributed by atoms with Crippen molar-refractivity contribution >= 4 is 17.0 Å². The molecule has 2 aromatic rings. The minimum absolute atomic E-state index is 0.508. The number of rotatable bonds is 4. The van der Waals surface area contributed by atoms with Gasteiger partial charge < -0.3 is 4.90 Å². The van der Waals surface area contributed by atoms with E-state index in [9.17, 15) is 0 Å². The second-order valence-corrected chi connectivity index (χ2v) is 4.53.